The van der Waals surface area contributed by atoms with Crippen molar-refractivity contribution in [2.24, 2.45) is 4.99 Å². The van der Waals surface area contributed by atoms with Crippen LogP contribution >= 0.6 is 11.8 Å². The Labute approximate surface area is 153 Å². The minimum absolute atomic E-state index is 0.0334. The van der Waals surface area contributed by atoms with Crippen LogP contribution in [0.3, 0.4) is 0 Å². The van der Waals surface area contributed by atoms with Crippen molar-refractivity contribution in [3.63, 3.8) is 0 Å². The largest absolute Gasteiger partial charge is 0.379 e. The second-order valence-corrected chi connectivity index (χ2v) is 8.75. The topological polar surface area (TPSA) is 79.8 Å². The molecule has 0 amide bonds. The Morgan fingerprint density at radius 3 is 2.52 bits per heavy atom. The van der Waals surface area contributed by atoms with Crippen molar-refractivity contribution in [3.05, 3.63) is 30.1 Å². The van der Waals surface area contributed by atoms with Crippen molar-refractivity contribution in [1.29, 1.82) is 0 Å². The number of guanidine groups is 1. The molecule has 25 heavy (non-hydrogen) atoms. The van der Waals surface area contributed by atoms with Gasteiger partial charge in [0, 0.05) is 31.3 Å². The molecule has 0 saturated carbocycles. The molecule has 0 atom stereocenters. The maximum absolute atomic E-state index is 12.8. The summed E-state index contributed by atoms with van der Waals surface area (Å²) in [6, 6.07) is 6.48. The van der Waals surface area contributed by atoms with Gasteiger partial charge in [0.25, 0.3) is 0 Å². The summed E-state index contributed by atoms with van der Waals surface area (Å²) in [7, 11) is -1.29. The zero-order valence-corrected chi connectivity index (χ0v) is 16.3. The summed E-state index contributed by atoms with van der Waals surface area (Å²) in [5.74, 6) is 1.41. The summed E-state index contributed by atoms with van der Waals surface area (Å²) >= 11 is 1.68. The number of rotatable bonds is 11. The molecule has 0 heterocycles. The molecule has 0 aliphatic heterocycles. The van der Waals surface area contributed by atoms with E-state index >= 15 is 0 Å². The third kappa shape index (κ3) is 11.8. The van der Waals surface area contributed by atoms with Crippen molar-refractivity contribution < 1.29 is 17.5 Å². The number of nitrogens with one attached hydrogen (secondary N) is 2. The Kier molecular flexibility index (Phi) is 10.5. The number of aliphatic imine (C=N–C) groups is 1. The zero-order valence-electron chi connectivity index (χ0n) is 14.6. The molecule has 2 N–H and O–H groups in total. The summed E-state index contributed by atoms with van der Waals surface area (Å²) in [6.45, 7) is 1.93. The van der Waals surface area contributed by atoms with Gasteiger partial charge in [0.15, 0.2) is 5.96 Å². The van der Waals surface area contributed by atoms with Crippen LogP contribution in [0.2, 0.25) is 0 Å². The Hall–Kier alpha value is -1.32. The monoisotopic (exact) mass is 391 g/mol. The summed E-state index contributed by atoms with van der Waals surface area (Å²) < 4.78 is 40.0. The van der Waals surface area contributed by atoms with E-state index in [1.807, 2.05) is 0 Å². The first kappa shape index (κ1) is 21.7. The van der Waals surface area contributed by atoms with Gasteiger partial charge in [0.2, 0.25) is 0 Å². The number of thioether (sulfide) groups is 1. The molecule has 1 aromatic carbocycles. The molecular formula is C16H26FN3O3S2. The van der Waals surface area contributed by atoms with E-state index in [0.717, 1.165) is 23.6 Å². The zero-order chi connectivity index (χ0) is 18.5. The van der Waals surface area contributed by atoms with Crippen LogP contribution in [0.15, 0.2) is 34.2 Å². The van der Waals surface area contributed by atoms with Crippen molar-refractivity contribution in [2.45, 2.75) is 11.3 Å². The van der Waals surface area contributed by atoms with Crippen LogP contribution in [0, 0.1) is 5.82 Å². The highest BCUT2D eigenvalue weighted by Gasteiger charge is 2.02. The summed E-state index contributed by atoms with van der Waals surface area (Å²) in [6.07, 6.45) is 2.13. The van der Waals surface area contributed by atoms with E-state index in [9.17, 15) is 12.8 Å². The van der Waals surface area contributed by atoms with Gasteiger partial charge in [-0.3, -0.25) is 4.99 Å². The number of sulfone groups is 1. The quantitative estimate of drug-likeness (QED) is 0.258. The molecule has 1 aromatic rings. The van der Waals surface area contributed by atoms with Gasteiger partial charge in [0.1, 0.15) is 15.7 Å². The molecular weight excluding hydrogens is 365 g/mol. The van der Waals surface area contributed by atoms with Crippen LogP contribution in [0.4, 0.5) is 4.39 Å². The molecule has 0 aliphatic carbocycles. The number of hydrogen-bond donors (Lipinski definition) is 2. The molecule has 0 bridgehead atoms. The van der Waals surface area contributed by atoms with Gasteiger partial charge in [-0.05, 0) is 36.4 Å². The van der Waals surface area contributed by atoms with Crippen molar-refractivity contribution in [1.82, 2.24) is 10.6 Å². The maximum atomic E-state index is 12.8. The van der Waals surface area contributed by atoms with Crippen molar-refractivity contribution in [3.8, 4) is 0 Å². The Morgan fingerprint density at radius 2 is 1.88 bits per heavy atom. The summed E-state index contributed by atoms with van der Waals surface area (Å²) in [4.78, 5) is 5.16. The SMILES string of the molecule is CN=C(NCCCSc1ccc(F)cc1)NCCOCCS(C)(=O)=O. The Balaban J connectivity index is 2.05. The van der Waals surface area contributed by atoms with Crippen LogP contribution < -0.4 is 10.6 Å². The third-order valence-corrected chi connectivity index (χ3v) is 5.06. The van der Waals surface area contributed by atoms with Crippen LogP contribution in [0.25, 0.3) is 0 Å². The standard InChI is InChI=1S/C16H26FN3O3S2/c1-18-16(20-9-10-23-11-13-25(2,21)22)19-8-3-12-24-15-6-4-14(17)5-7-15/h4-7H,3,8-13H2,1-2H3,(H2,18,19,20). The molecule has 0 fully saturated rings. The molecule has 0 unspecified atom stereocenters. The van der Waals surface area contributed by atoms with Gasteiger partial charge in [-0.2, -0.15) is 0 Å². The highest BCUT2D eigenvalue weighted by atomic mass is 32.2. The van der Waals surface area contributed by atoms with Crippen LogP contribution in [0.1, 0.15) is 6.42 Å². The van der Waals surface area contributed by atoms with E-state index in [1.165, 1.54) is 18.4 Å². The minimum atomic E-state index is -2.97. The van der Waals surface area contributed by atoms with Gasteiger partial charge in [-0.25, -0.2) is 12.8 Å². The molecule has 0 saturated heterocycles. The number of ether oxygens (including phenoxy) is 1. The van der Waals surface area contributed by atoms with Gasteiger partial charge < -0.3 is 15.4 Å². The fourth-order valence-corrected chi connectivity index (χ4v) is 3.05. The Morgan fingerprint density at radius 1 is 1.20 bits per heavy atom. The highest BCUT2D eigenvalue weighted by Crippen LogP contribution is 2.18. The second kappa shape index (κ2) is 12.1. The number of hydrogen-bond acceptors (Lipinski definition) is 5. The van der Waals surface area contributed by atoms with Crippen LogP contribution in [-0.2, 0) is 14.6 Å². The second-order valence-electron chi connectivity index (χ2n) is 5.32. The highest BCUT2D eigenvalue weighted by molar-refractivity contribution is 7.99. The number of nitrogens with zero attached hydrogens (tertiary/aromatic N) is 1. The lowest BCUT2D eigenvalue weighted by Crippen LogP contribution is -2.39. The van der Waals surface area contributed by atoms with Gasteiger partial charge in [-0.1, -0.05) is 0 Å². The van der Waals surface area contributed by atoms with Crippen LogP contribution in [-0.4, -0.2) is 65.5 Å². The van der Waals surface area contributed by atoms with Gasteiger partial charge in [0.05, 0.1) is 19.0 Å². The Bertz CT molecular complexity index is 622. The minimum Gasteiger partial charge on any atom is -0.379 e. The van der Waals surface area contributed by atoms with E-state index in [0.29, 0.717) is 19.1 Å². The predicted molar refractivity (Wildman–Crippen MR) is 102 cm³/mol. The van der Waals surface area contributed by atoms with E-state index < -0.39 is 9.84 Å². The maximum Gasteiger partial charge on any atom is 0.191 e. The molecule has 0 aliphatic rings. The smallest absolute Gasteiger partial charge is 0.191 e. The molecule has 0 aromatic heterocycles. The number of halogens is 1. The summed E-state index contributed by atoms with van der Waals surface area (Å²) in [5, 5.41) is 6.29. The first-order chi connectivity index (χ1) is 11.9. The molecule has 1 rings (SSSR count). The predicted octanol–water partition coefficient (Wildman–Crippen LogP) is 1.53. The van der Waals surface area contributed by atoms with Gasteiger partial charge in [-0.15, -0.1) is 11.8 Å². The molecule has 9 heteroatoms. The lowest BCUT2D eigenvalue weighted by Gasteiger charge is -2.12. The lowest BCUT2D eigenvalue weighted by molar-refractivity contribution is 0.154. The van der Waals surface area contributed by atoms with Crippen molar-refractivity contribution >= 4 is 27.6 Å². The molecule has 142 valence electrons. The third-order valence-electron chi connectivity index (χ3n) is 3.06. The van der Waals surface area contributed by atoms with Crippen molar-refractivity contribution in [2.75, 3.05) is 51.1 Å². The van der Waals surface area contributed by atoms with E-state index in [1.54, 1.807) is 30.9 Å². The fourth-order valence-electron chi connectivity index (χ4n) is 1.77. The lowest BCUT2D eigenvalue weighted by atomic mass is 10.4. The average Bonchev–Trinajstić information content (AvgIpc) is 2.56. The molecule has 0 spiro atoms. The number of benzene rings is 1. The van der Waals surface area contributed by atoms with E-state index in [4.69, 9.17) is 4.74 Å². The summed E-state index contributed by atoms with van der Waals surface area (Å²) in [5.41, 5.74) is 0. The molecule has 0 radical (unpaired) electrons. The average molecular weight is 392 g/mol. The van der Waals surface area contributed by atoms with Crippen LogP contribution in [0.5, 0.6) is 0 Å². The normalized spacial score (nSPS) is 12.2. The van der Waals surface area contributed by atoms with E-state index in [2.05, 4.69) is 15.6 Å². The molecule has 6 nitrogen and oxygen atoms in total. The fraction of sp³-hybridized carbons (Fsp3) is 0.562. The first-order valence-corrected chi connectivity index (χ1v) is 11.0. The first-order valence-electron chi connectivity index (χ1n) is 7.99. The van der Waals surface area contributed by atoms with Gasteiger partial charge >= 0.3 is 0 Å². The van der Waals surface area contributed by atoms with E-state index in [-0.39, 0.29) is 18.2 Å².